The molecular formula is C20H17F3N2O3. The van der Waals surface area contributed by atoms with Crippen molar-refractivity contribution in [1.29, 1.82) is 0 Å². The summed E-state index contributed by atoms with van der Waals surface area (Å²) in [5.74, 6) is -0.715. The van der Waals surface area contributed by atoms with E-state index < -0.39 is 23.1 Å². The number of aromatic amines is 1. The zero-order chi connectivity index (χ0) is 20.3. The second-order valence-electron chi connectivity index (χ2n) is 6.06. The summed E-state index contributed by atoms with van der Waals surface area (Å²) in [6.45, 7) is 1.93. The van der Waals surface area contributed by atoms with Gasteiger partial charge in [-0.1, -0.05) is 12.1 Å². The maximum atomic E-state index is 12.8. The average Bonchev–Trinajstić information content (AvgIpc) is 2.66. The van der Waals surface area contributed by atoms with E-state index in [0.29, 0.717) is 16.8 Å². The molecule has 0 saturated carbocycles. The van der Waals surface area contributed by atoms with Crippen LogP contribution in [0.15, 0.2) is 53.5 Å². The Hall–Kier alpha value is -3.29. The fourth-order valence-corrected chi connectivity index (χ4v) is 2.75. The molecule has 0 radical (unpaired) electrons. The topological polar surface area (TPSA) is 71.2 Å². The van der Waals surface area contributed by atoms with E-state index >= 15 is 0 Å². The van der Waals surface area contributed by atoms with Crippen LogP contribution in [0, 0.1) is 0 Å². The molecule has 8 heteroatoms. The molecular weight excluding hydrogens is 373 g/mol. The van der Waals surface area contributed by atoms with Crippen LogP contribution in [0.1, 0.15) is 28.4 Å². The number of esters is 1. The number of aromatic nitrogens is 1. The molecule has 0 bridgehead atoms. The summed E-state index contributed by atoms with van der Waals surface area (Å²) < 4.78 is 43.3. The molecule has 146 valence electrons. The molecule has 1 aromatic heterocycles. The van der Waals surface area contributed by atoms with E-state index in [4.69, 9.17) is 4.74 Å². The number of carbonyl (C=O) groups is 1. The van der Waals surface area contributed by atoms with Crippen LogP contribution in [0.5, 0.6) is 0 Å². The van der Waals surface area contributed by atoms with Crippen LogP contribution in [-0.4, -0.2) is 17.6 Å². The maximum absolute atomic E-state index is 12.8. The predicted molar refractivity (Wildman–Crippen MR) is 99.3 cm³/mol. The Labute approximate surface area is 158 Å². The molecule has 0 saturated heterocycles. The number of pyridine rings is 1. The van der Waals surface area contributed by atoms with Gasteiger partial charge in [-0.2, -0.15) is 13.2 Å². The minimum atomic E-state index is -4.41. The lowest BCUT2D eigenvalue weighted by Crippen LogP contribution is -2.18. The van der Waals surface area contributed by atoms with Gasteiger partial charge >= 0.3 is 12.1 Å². The van der Waals surface area contributed by atoms with Crippen molar-refractivity contribution in [3.63, 3.8) is 0 Å². The van der Waals surface area contributed by atoms with Crippen molar-refractivity contribution in [3.8, 4) is 0 Å². The van der Waals surface area contributed by atoms with Crippen LogP contribution in [-0.2, 0) is 17.5 Å². The molecule has 3 aromatic rings. The SMILES string of the molecule is CCOC(=O)c1c[nH]c2ccc(NCc3cccc(C(F)(F)F)c3)cc2c1=O. The number of anilines is 1. The largest absolute Gasteiger partial charge is 0.462 e. The molecule has 5 nitrogen and oxygen atoms in total. The van der Waals surface area contributed by atoms with Gasteiger partial charge in [0.2, 0.25) is 5.43 Å². The standard InChI is InChI=1S/C20H17F3N2O3/c1-2-28-19(27)16-11-25-17-7-6-14(9-15(17)18(16)26)24-10-12-4-3-5-13(8-12)20(21,22)23/h3-9,11,24H,2,10H2,1H3,(H,25,26). The second kappa shape index (κ2) is 7.75. The molecule has 0 fully saturated rings. The van der Waals surface area contributed by atoms with Gasteiger partial charge in [-0.25, -0.2) is 4.79 Å². The number of H-pyrrole nitrogens is 1. The highest BCUT2D eigenvalue weighted by Crippen LogP contribution is 2.29. The smallest absolute Gasteiger partial charge is 0.416 e. The Bertz CT molecular complexity index is 1070. The van der Waals surface area contributed by atoms with Gasteiger partial charge in [0.1, 0.15) is 5.56 Å². The Balaban J connectivity index is 1.85. The van der Waals surface area contributed by atoms with Crippen LogP contribution >= 0.6 is 0 Å². The van der Waals surface area contributed by atoms with Gasteiger partial charge in [-0.15, -0.1) is 0 Å². The van der Waals surface area contributed by atoms with Gasteiger partial charge in [0.15, 0.2) is 0 Å². The quantitative estimate of drug-likeness (QED) is 0.636. The molecule has 28 heavy (non-hydrogen) atoms. The normalized spacial score (nSPS) is 11.4. The first-order valence-corrected chi connectivity index (χ1v) is 8.52. The average molecular weight is 390 g/mol. The lowest BCUT2D eigenvalue weighted by Gasteiger charge is -2.11. The third-order valence-corrected chi connectivity index (χ3v) is 4.13. The van der Waals surface area contributed by atoms with Crippen molar-refractivity contribution in [1.82, 2.24) is 4.98 Å². The van der Waals surface area contributed by atoms with Gasteiger partial charge in [-0.3, -0.25) is 4.79 Å². The van der Waals surface area contributed by atoms with E-state index in [-0.39, 0.29) is 24.1 Å². The molecule has 0 spiro atoms. The van der Waals surface area contributed by atoms with Crippen molar-refractivity contribution in [2.45, 2.75) is 19.6 Å². The molecule has 1 heterocycles. The molecule has 2 aromatic carbocycles. The first kappa shape index (κ1) is 19.5. The number of rotatable bonds is 5. The molecule has 0 unspecified atom stereocenters. The maximum Gasteiger partial charge on any atom is 0.416 e. The Kier molecular flexibility index (Phi) is 5.39. The summed E-state index contributed by atoms with van der Waals surface area (Å²) in [5, 5.41) is 3.27. The summed E-state index contributed by atoms with van der Waals surface area (Å²) >= 11 is 0. The van der Waals surface area contributed by atoms with E-state index in [1.165, 1.54) is 12.3 Å². The second-order valence-corrected chi connectivity index (χ2v) is 6.06. The van der Waals surface area contributed by atoms with Crippen LogP contribution in [0.3, 0.4) is 0 Å². The first-order chi connectivity index (χ1) is 13.3. The summed E-state index contributed by atoms with van der Waals surface area (Å²) in [6.07, 6.45) is -3.10. The molecule has 3 rings (SSSR count). The number of ether oxygens (including phenoxy) is 1. The minimum Gasteiger partial charge on any atom is -0.462 e. The van der Waals surface area contributed by atoms with Gasteiger partial charge < -0.3 is 15.0 Å². The third-order valence-electron chi connectivity index (χ3n) is 4.13. The molecule has 0 aliphatic carbocycles. The third kappa shape index (κ3) is 4.16. The highest BCUT2D eigenvalue weighted by molar-refractivity contribution is 5.94. The van der Waals surface area contributed by atoms with E-state index in [0.717, 1.165) is 12.1 Å². The fraction of sp³-hybridized carbons (Fsp3) is 0.200. The van der Waals surface area contributed by atoms with Crippen LogP contribution < -0.4 is 10.7 Å². The number of hydrogen-bond donors (Lipinski definition) is 2. The fourth-order valence-electron chi connectivity index (χ4n) is 2.75. The van der Waals surface area contributed by atoms with E-state index in [1.807, 2.05) is 0 Å². The molecule has 2 N–H and O–H groups in total. The zero-order valence-corrected chi connectivity index (χ0v) is 14.9. The molecule has 0 aliphatic heterocycles. The lowest BCUT2D eigenvalue weighted by molar-refractivity contribution is -0.137. The molecule has 0 amide bonds. The minimum absolute atomic E-state index is 0.107. The summed E-state index contributed by atoms with van der Waals surface area (Å²) in [4.78, 5) is 27.3. The molecule has 0 aliphatic rings. The Morgan fingerprint density at radius 3 is 2.68 bits per heavy atom. The number of nitrogens with one attached hydrogen (secondary N) is 2. The highest BCUT2D eigenvalue weighted by Gasteiger charge is 2.30. The van der Waals surface area contributed by atoms with Crippen molar-refractivity contribution in [3.05, 3.63) is 75.6 Å². The van der Waals surface area contributed by atoms with Gasteiger partial charge in [0, 0.05) is 29.3 Å². The molecule has 0 atom stereocenters. The summed E-state index contributed by atoms with van der Waals surface area (Å²) in [5.41, 5.74) is 0.211. The number of fused-ring (bicyclic) bond motifs is 1. The number of halogens is 3. The van der Waals surface area contributed by atoms with E-state index in [2.05, 4.69) is 10.3 Å². The lowest BCUT2D eigenvalue weighted by atomic mass is 10.1. The summed E-state index contributed by atoms with van der Waals surface area (Å²) in [6, 6.07) is 9.89. The van der Waals surface area contributed by atoms with E-state index in [9.17, 15) is 22.8 Å². The van der Waals surface area contributed by atoms with Crippen LogP contribution in [0.2, 0.25) is 0 Å². The van der Waals surface area contributed by atoms with Gasteiger partial charge in [0.25, 0.3) is 0 Å². The Morgan fingerprint density at radius 1 is 1.18 bits per heavy atom. The number of benzene rings is 2. The zero-order valence-electron chi connectivity index (χ0n) is 14.9. The Morgan fingerprint density at radius 2 is 1.96 bits per heavy atom. The van der Waals surface area contributed by atoms with E-state index in [1.54, 1.807) is 31.2 Å². The highest BCUT2D eigenvalue weighted by atomic mass is 19.4. The predicted octanol–water partition coefficient (Wildman–Crippen LogP) is 4.34. The van der Waals surface area contributed by atoms with Crippen molar-refractivity contribution < 1.29 is 22.7 Å². The van der Waals surface area contributed by atoms with Crippen LogP contribution in [0.25, 0.3) is 10.9 Å². The number of carbonyl (C=O) groups excluding carboxylic acids is 1. The van der Waals surface area contributed by atoms with Crippen molar-refractivity contribution in [2.75, 3.05) is 11.9 Å². The van der Waals surface area contributed by atoms with Gasteiger partial charge in [-0.05, 0) is 42.8 Å². The van der Waals surface area contributed by atoms with Crippen LogP contribution in [0.4, 0.5) is 18.9 Å². The number of alkyl halides is 3. The number of hydrogen-bond acceptors (Lipinski definition) is 4. The monoisotopic (exact) mass is 390 g/mol. The van der Waals surface area contributed by atoms with Crippen molar-refractivity contribution in [2.24, 2.45) is 0 Å². The van der Waals surface area contributed by atoms with Gasteiger partial charge in [0.05, 0.1) is 12.2 Å². The van der Waals surface area contributed by atoms with Crippen molar-refractivity contribution >= 4 is 22.6 Å². The summed E-state index contributed by atoms with van der Waals surface area (Å²) in [7, 11) is 0. The first-order valence-electron chi connectivity index (χ1n) is 8.52.